The van der Waals surface area contributed by atoms with Crippen molar-refractivity contribution in [3.8, 4) is 0 Å². The lowest BCUT2D eigenvalue weighted by Crippen LogP contribution is -2.28. The Morgan fingerprint density at radius 3 is 3.13 bits per heavy atom. The number of benzene rings is 1. The van der Waals surface area contributed by atoms with Gasteiger partial charge in [0.2, 0.25) is 0 Å². The molecule has 78 valence electrons. The van der Waals surface area contributed by atoms with Crippen molar-refractivity contribution in [2.45, 2.75) is 38.7 Å². The molecule has 15 heavy (non-hydrogen) atoms. The molecule has 0 fully saturated rings. The van der Waals surface area contributed by atoms with Crippen molar-refractivity contribution in [3.63, 3.8) is 0 Å². The molecular formula is C12H15BO2. The van der Waals surface area contributed by atoms with Gasteiger partial charge in [0.05, 0.1) is 6.10 Å². The Bertz CT molecular complexity index is 403. The van der Waals surface area contributed by atoms with Gasteiger partial charge >= 0.3 is 7.12 Å². The second-order valence-electron chi connectivity index (χ2n) is 4.45. The van der Waals surface area contributed by atoms with E-state index in [2.05, 4.69) is 13.0 Å². The van der Waals surface area contributed by atoms with Crippen molar-refractivity contribution in [2.24, 2.45) is 0 Å². The van der Waals surface area contributed by atoms with Crippen LogP contribution in [0.1, 0.15) is 42.6 Å². The first-order valence-corrected chi connectivity index (χ1v) is 5.79. The largest absolute Gasteiger partial charge is 0.491 e. The molecule has 2 nitrogen and oxygen atoms in total. The third-order valence-corrected chi connectivity index (χ3v) is 3.61. The highest BCUT2D eigenvalue weighted by Crippen LogP contribution is 2.34. The first-order valence-electron chi connectivity index (χ1n) is 5.79. The lowest BCUT2D eigenvalue weighted by molar-refractivity contribution is 0.186. The maximum Gasteiger partial charge on any atom is 0.491 e. The van der Waals surface area contributed by atoms with Crippen molar-refractivity contribution in [1.82, 2.24) is 0 Å². The summed E-state index contributed by atoms with van der Waals surface area (Å²) in [4.78, 5) is 0. The molecule has 3 heteroatoms. The molecule has 1 aromatic rings. The molecule has 0 saturated carbocycles. The fourth-order valence-corrected chi connectivity index (χ4v) is 2.91. The molecule has 1 aromatic carbocycles. The van der Waals surface area contributed by atoms with Gasteiger partial charge in [-0.1, -0.05) is 19.1 Å². The van der Waals surface area contributed by atoms with Crippen LogP contribution in [-0.2, 0) is 17.5 Å². The number of hydrogen-bond donors (Lipinski definition) is 1. The fourth-order valence-electron chi connectivity index (χ4n) is 2.91. The van der Waals surface area contributed by atoms with Crippen LogP contribution in [0.5, 0.6) is 0 Å². The second-order valence-corrected chi connectivity index (χ2v) is 4.45. The van der Waals surface area contributed by atoms with Crippen LogP contribution >= 0.6 is 0 Å². The smallest absolute Gasteiger partial charge is 0.423 e. The van der Waals surface area contributed by atoms with Crippen LogP contribution in [0.3, 0.4) is 0 Å². The summed E-state index contributed by atoms with van der Waals surface area (Å²) in [7, 11) is -0.698. The molecule has 0 unspecified atom stereocenters. The van der Waals surface area contributed by atoms with Crippen molar-refractivity contribution in [3.05, 3.63) is 28.8 Å². The molecule has 0 radical (unpaired) electrons. The normalized spacial score (nSPS) is 23.1. The van der Waals surface area contributed by atoms with Gasteiger partial charge in [0.15, 0.2) is 0 Å². The third kappa shape index (κ3) is 1.26. The van der Waals surface area contributed by atoms with Crippen LogP contribution in [0.25, 0.3) is 0 Å². The number of aryl methyl sites for hydroxylation is 1. The van der Waals surface area contributed by atoms with E-state index in [9.17, 15) is 5.02 Å². The maximum absolute atomic E-state index is 9.79. The second kappa shape index (κ2) is 3.36. The molecule has 0 bridgehead atoms. The van der Waals surface area contributed by atoms with Gasteiger partial charge in [-0.25, -0.2) is 0 Å². The zero-order chi connectivity index (χ0) is 10.4. The van der Waals surface area contributed by atoms with Crippen LogP contribution in [0.4, 0.5) is 0 Å². The molecular weight excluding hydrogens is 187 g/mol. The molecule has 1 atom stereocenters. The third-order valence-electron chi connectivity index (χ3n) is 3.61. The summed E-state index contributed by atoms with van der Waals surface area (Å²) in [6.45, 7) is 2.11. The van der Waals surface area contributed by atoms with E-state index in [-0.39, 0.29) is 6.10 Å². The zero-order valence-electron chi connectivity index (χ0n) is 8.99. The molecule has 1 aliphatic heterocycles. The Morgan fingerprint density at radius 2 is 2.33 bits per heavy atom. The topological polar surface area (TPSA) is 29.5 Å². The monoisotopic (exact) mass is 202 g/mol. The summed E-state index contributed by atoms with van der Waals surface area (Å²) in [5.41, 5.74) is 5.21. The quantitative estimate of drug-likeness (QED) is 0.696. The van der Waals surface area contributed by atoms with E-state index in [0.29, 0.717) is 0 Å². The van der Waals surface area contributed by atoms with Crippen molar-refractivity contribution in [1.29, 1.82) is 0 Å². The Kier molecular flexibility index (Phi) is 2.11. The molecule has 0 aromatic heterocycles. The van der Waals surface area contributed by atoms with Gasteiger partial charge < -0.3 is 9.68 Å². The van der Waals surface area contributed by atoms with Gasteiger partial charge in [-0.3, -0.25) is 0 Å². The van der Waals surface area contributed by atoms with Gasteiger partial charge in [-0.15, -0.1) is 0 Å². The minimum atomic E-state index is -0.698. The fraction of sp³-hybridized carbons (Fsp3) is 0.500. The van der Waals surface area contributed by atoms with Crippen molar-refractivity contribution >= 4 is 12.6 Å². The summed E-state index contributed by atoms with van der Waals surface area (Å²) in [6.07, 6.45) is 4.65. The molecule has 3 rings (SSSR count). The van der Waals surface area contributed by atoms with Gasteiger partial charge in [-0.2, -0.15) is 0 Å². The average molecular weight is 202 g/mol. The van der Waals surface area contributed by atoms with Gasteiger partial charge in [0.1, 0.15) is 0 Å². The number of hydrogen-bond acceptors (Lipinski definition) is 2. The Balaban J connectivity index is 2.18. The van der Waals surface area contributed by atoms with Crippen LogP contribution in [0.15, 0.2) is 12.1 Å². The van der Waals surface area contributed by atoms with E-state index in [1.54, 1.807) is 0 Å². The van der Waals surface area contributed by atoms with Gasteiger partial charge in [0.25, 0.3) is 0 Å². The van der Waals surface area contributed by atoms with E-state index in [4.69, 9.17) is 4.65 Å². The lowest BCUT2D eigenvalue weighted by Gasteiger charge is -2.13. The molecule has 1 heterocycles. The summed E-state index contributed by atoms with van der Waals surface area (Å²) in [5.74, 6) is 0. The first kappa shape index (κ1) is 9.43. The van der Waals surface area contributed by atoms with Gasteiger partial charge in [0, 0.05) is 0 Å². The van der Waals surface area contributed by atoms with Crippen LogP contribution < -0.4 is 5.46 Å². The highest BCUT2D eigenvalue weighted by atomic mass is 16.5. The standard InChI is InChI=1S/C12H15BO2/c1-2-11-12-9-5-3-4-8(9)6-7-10(12)13(14)15-11/h6-7,11,14H,2-5H2,1H3/t11-/m0/s1. The molecule has 1 aliphatic carbocycles. The van der Waals surface area contributed by atoms with E-state index in [0.717, 1.165) is 18.3 Å². The SMILES string of the molecule is CC[C@@H]1OB(O)c2ccc3c(c21)CCC3. The molecule has 0 spiro atoms. The average Bonchev–Trinajstić information content (AvgIpc) is 2.81. The summed E-state index contributed by atoms with van der Waals surface area (Å²) in [6, 6.07) is 4.20. The van der Waals surface area contributed by atoms with E-state index in [1.165, 1.54) is 29.5 Å². The highest BCUT2D eigenvalue weighted by molar-refractivity contribution is 6.61. The predicted octanol–water partition coefficient (Wildman–Crippen LogP) is 1.34. The van der Waals surface area contributed by atoms with Crippen LogP contribution in [-0.4, -0.2) is 12.1 Å². The molecule has 1 N–H and O–H groups in total. The minimum Gasteiger partial charge on any atom is -0.423 e. The summed E-state index contributed by atoms with van der Waals surface area (Å²) in [5, 5.41) is 9.79. The summed E-state index contributed by atoms with van der Waals surface area (Å²) < 4.78 is 5.56. The van der Waals surface area contributed by atoms with Crippen molar-refractivity contribution < 1.29 is 9.68 Å². The number of rotatable bonds is 1. The first-order chi connectivity index (χ1) is 7.31. The van der Waals surface area contributed by atoms with Crippen LogP contribution in [0.2, 0.25) is 0 Å². The maximum atomic E-state index is 9.79. The van der Waals surface area contributed by atoms with Gasteiger partial charge in [-0.05, 0) is 47.8 Å². The summed E-state index contributed by atoms with van der Waals surface area (Å²) >= 11 is 0. The Morgan fingerprint density at radius 1 is 1.47 bits per heavy atom. The highest BCUT2D eigenvalue weighted by Gasteiger charge is 2.37. The molecule has 2 aliphatic rings. The molecule has 0 amide bonds. The minimum absolute atomic E-state index is 0.114. The zero-order valence-corrected chi connectivity index (χ0v) is 8.99. The van der Waals surface area contributed by atoms with E-state index in [1.807, 2.05) is 6.07 Å². The van der Waals surface area contributed by atoms with Crippen molar-refractivity contribution in [2.75, 3.05) is 0 Å². The van der Waals surface area contributed by atoms with E-state index >= 15 is 0 Å². The van der Waals surface area contributed by atoms with Crippen LogP contribution in [0, 0.1) is 0 Å². The number of fused-ring (bicyclic) bond motifs is 3. The molecule has 0 saturated heterocycles. The lowest BCUT2D eigenvalue weighted by atomic mass is 9.77. The Hall–Kier alpha value is -0.795. The Labute approximate surface area is 90.4 Å². The van der Waals surface area contributed by atoms with E-state index < -0.39 is 7.12 Å². The predicted molar refractivity (Wildman–Crippen MR) is 60.2 cm³/mol.